The van der Waals surface area contributed by atoms with Crippen molar-refractivity contribution in [3.63, 3.8) is 0 Å². The van der Waals surface area contributed by atoms with Crippen LogP contribution in [0.1, 0.15) is 24.0 Å². The number of hydrazone groups is 1. The second kappa shape index (κ2) is 11.0. The minimum absolute atomic E-state index is 0.0372. The first-order valence-corrected chi connectivity index (χ1v) is 10.2. The highest BCUT2D eigenvalue weighted by molar-refractivity contribution is 6.42. The highest BCUT2D eigenvalue weighted by Crippen LogP contribution is 2.24. The van der Waals surface area contributed by atoms with Crippen LogP contribution in [0, 0.1) is 0 Å². The third-order valence-corrected chi connectivity index (χ3v) is 5.13. The number of nitrogens with one attached hydrogen (secondary N) is 2. The number of nitrogens with zero attached hydrogens (tertiary/aromatic N) is 1. The Balaban J connectivity index is 1.51. The van der Waals surface area contributed by atoms with Crippen LogP contribution >= 0.6 is 23.2 Å². The molecule has 3 rings (SSSR count). The number of carbonyl (C=O) groups is 2. The van der Waals surface area contributed by atoms with Crippen molar-refractivity contribution in [1.82, 2.24) is 10.7 Å². The van der Waals surface area contributed by atoms with Gasteiger partial charge in [-0.15, -0.1) is 0 Å². The van der Waals surface area contributed by atoms with Crippen molar-refractivity contribution in [1.29, 1.82) is 0 Å². The van der Waals surface area contributed by atoms with E-state index in [-0.39, 0.29) is 12.7 Å². The summed E-state index contributed by atoms with van der Waals surface area (Å²) in [6.45, 7) is 1.27. The van der Waals surface area contributed by atoms with Gasteiger partial charge in [0.15, 0.2) is 0 Å². The minimum atomic E-state index is -0.849. The lowest BCUT2D eigenvalue weighted by atomic mass is 10.2. The van der Waals surface area contributed by atoms with Crippen molar-refractivity contribution in [2.24, 2.45) is 5.10 Å². The van der Waals surface area contributed by atoms with E-state index in [2.05, 4.69) is 15.8 Å². The maximum atomic E-state index is 11.9. The van der Waals surface area contributed by atoms with Crippen LogP contribution in [-0.4, -0.2) is 37.3 Å². The molecule has 1 aliphatic heterocycles. The van der Waals surface area contributed by atoms with E-state index >= 15 is 0 Å². The van der Waals surface area contributed by atoms with Gasteiger partial charge in [0, 0.05) is 18.7 Å². The molecule has 1 aliphatic rings. The number of hydrogen-bond donors (Lipinski definition) is 2. The molecule has 2 amide bonds. The molecule has 9 heteroatoms. The summed E-state index contributed by atoms with van der Waals surface area (Å²) in [6, 6.07) is 12.4. The lowest BCUT2D eigenvalue weighted by molar-refractivity contribution is -0.139. The highest BCUT2D eigenvalue weighted by Gasteiger charge is 2.19. The van der Waals surface area contributed by atoms with Gasteiger partial charge >= 0.3 is 11.8 Å². The van der Waals surface area contributed by atoms with Crippen molar-refractivity contribution in [3.8, 4) is 5.75 Å². The first-order chi connectivity index (χ1) is 14.5. The zero-order valence-corrected chi connectivity index (χ0v) is 17.6. The Labute approximate surface area is 184 Å². The molecule has 2 aromatic carbocycles. The van der Waals surface area contributed by atoms with Gasteiger partial charge in [0.2, 0.25) is 0 Å². The fourth-order valence-electron chi connectivity index (χ4n) is 2.81. The SMILES string of the molecule is O=C(NC[C@@H]1CCCO1)C(=O)N/N=C\c1ccccc1OCc1ccc(Cl)c(Cl)c1. The van der Waals surface area contributed by atoms with E-state index in [1.807, 2.05) is 18.2 Å². The Kier molecular flexibility index (Phi) is 8.07. The zero-order chi connectivity index (χ0) is 21.3. The summed E-state index contributed by atoms with van der Waals surface area (Å²) in [5.74, 6) is -1.05. The molecule has 2 N–H and O–H groups in total. The van der Waals surface area contributed by atoms with Crippen LogP contribution in [0.2, 0.25) is 10.0 Å². The molecule has 0 aliphatic carbocycles. The van der Waals surface area contributed by atoms with E-state index < -0.39 is 11.8 Å². The van der Waals surface area contributed by atoms with Crippen LogP contribution in [-0.2, 0) is 20.9 Å². The molecule has 1 heterocycles. The number of benzene rings is 2. The molecular formula is C21H21Cl2N3O4. The molecule has 0 radical (unpaired) electrons. The average Bonchev–Trinajstić information content (AvgIpc) is 3.27. The predicted octanol–water partition coefficient (Wildman–Crippen LogP) is 3.32. The van der Waals surface area contributed by atoms with Crippen molar-refractivity contribution in [2.45, 2.75) is 25.6 Å². The molecule has 0 saturated carbocycles. The summed E-state index contributed by atoms with van der Waals surface area (Å²) in [6.07, 6.45) is 3.21. The Morgan fingerprint density at radius 1 is 1.17 bits per heavy atom. The number of ether oxygens (including phenoxy) is 2. The standard InChI is InChI=1S/C21H21Cl2N3O4/c22-17-8-7-14(10-18(17)23)13-30-19-6-2-1-4-15(19)11-25-26-21(28)20(27)24-12-16-5-3-9-29-16/h1-2,4,6-8,10-11,16H,3,5,9,12-13H2,(H,24,27)(H,26,28)/b25-11-/t16-/m0/s1. The summed E-state index contributed by atoms with van der Waals surface area (Å²) in [7, 11) is 0. The largest absolute Gasteiger partial charge is 0.488 e. The van der Waals surface area contributed by atoms with Gasteiger partial charge in [0.1, 0.15) is 12.4 Å². The van der Waals surface area contributed by atoms with Gasteiger partial charge in [-0.2, -0.15) is 5.10 Å². The van der Waals surface area contributed by atoms with Gasteiger partial charge in [0.25, 0.3) is 0 Å². The van der Waals surface area contributed by atoms with Gasteiger partial charge in [-0.1, -0.05) is 41.4 Å². The van der Waals surface area contributed by atoms with Gasteiger partial charge in [0.05, 0.1) is 22.4 Å². The number of carbonyl (C=O) groups excluding carboxylic acids is 2. The number of halogens is 2. The van der Waals surface area contributed by atoms with Gasteiger partial charge < -0.3 is 14.8 Å². The van der Waals surface area contributed by atoms with Crippen LogP contribution in [0.25, 0.3) is 0 Å². The van der Waals surface area contributed by atoms with E-state index in [0.29, 0.717) is 34.5 Å². The number of rotatable bonds is 7. The summed E-state index contributed by atoms with van der Waals surface area (Å²) in [4.78, 5) is 23.7. The predicted molar refractivity (Wildman–Crippen MR) is 115 cm³/mol. The molecule has 1 atom stereocenters. The first kappa shape index (κ1) is 22.1. The quantitative estimate of drug-likeness (QED) is 0.385. The Bertz CT molecular complexity index is 930. The van der Waals surface area contributed by atoms with E-state index in [1.165, 1.54) is 6.21 Å². The van der Waals surface area contributed by atoms with Crippen molar-refractivity contribution < 1.29 is 19.1 Å². The summed E-state index contributed by atoms with van der Waals surface area (Å²) in [5.41, 5.74) is 3.70. The van der Waals surface area contributed by atoms with E-state index in [9.17, 15) is 9.59 Å². The first-order valence-electron chi connectivity index (χ1n) is 9.41. The highest BCUT2D eigenvalue weighted by atomic mass is 35.5. The Morgan fingerprint density at radius 2 is 2.00 bits per heavy atom. The maximum absolute atomic E-state index is 11.9. The molecule has 0 spiro atoms. The average molecular weight is 450 g/mol. The van der Waals surface area contributed by atoms with Crippen LogP contribution in [0.15, 0.2) is 47.6 Å². The van der Waals surface area contributed by atoms with Gasteiger partial charge in [-0.3, -0.25) is 9.59 Å². The number of hydrogen-bond acceptors (Lipinski definition) is 5. The molecule has 0 aromatic heterocycles. The smallest absolute Gasteiger partial charge is 0.329 e. The van der Waals surface area contributed by atoms with E-state index in [1.54, 1.807) is 24.3 Å². The van der Waals surface area contributed by atoms with E-state index in [4.69, 9.17) is 32.7 Å². The molecule has 7 nitrogen and oxygen atoms in total. The summed E-state index contributed by atoms with van der Waals surface area (Å²) in [5, 5.41) is 7.31. The molecular weight excluding hydrogens is 429 g/mol. The maximum Gasteiger partial charge on any atom is 0.329 e. The summed E-state index contributed by atoms with van der Waals surface area (Å²) < 4.78 is 11.2. The summed E-state index contributed by atoms with van der Waals surface area (Å²) >= 11 is 11.9. The molecule has 2 aromatic rings. The van der Waals surface area contributed by atoms with E-state index in [0.717, 1.165) is 18.4 Å². The molecule has 30 heavy (non-hydrogen) atoms. The lowest BCUT2D eigenvalue weighted by Gasteiger charge is -2.10. The number of amides is 2. The third kappa shape index (κ3) is 6.45. The fraction of sp³-hybridized carbons (Fsp3) is 0.286. The second-order valence-electron chi connectivity index (χ2n) is 6.62. The van der Waals surface area contributed by atoms with Crippen molar-refractivity contribution in [3.05, 3.63) is 63.6 Å². The Hall–Kier alpha value is -2.61. The van der Waals surface area contributed by atoms with Crippen LogP contribution in [0.3, 0.4) is 0 Å². The van der Waals surface area contributed by atoms with Gasteiger partial charge in [-0.25, -0.2) is 5.43 Å². The lowest BCUT2D eigenvalue weighted by Crippen LogP contribution is -2.41. The monoisotopic (exact) mass is 449 g/mol. The normalized spacial score (nSPS) is 15.9. The fourth-order valence-corrected chi connectivity index (χ4v) is 3.13. The van der Waals surface area contributed by atoms with Crippen molar-refractivity contribution >= 4 is 41.2 Å². The van der Waals surface area contributed by atoms with Crippen LogP contribution < -0.4 is 15.5 Å². The van der Waals surface area contributed by atoms with Crippen LogP contribution in [0.5, 0.6) is 5.75 Å². The van der Waals surface area contributed by atoms with Crippen molar-refractivity contribution in [2.75, 3.05) is 13.2 Å². The third-order valence-electron chi connectivity index (χ3n) is 4.39. The Morgan fingerprint density at radius 3 is 2.77 bits per heavy atom. The van der Waals surface area contributed by atoms with Gasteiger partial charge in [-0.05, 0) is 42.7 Å². The topological polar surface area (TPSA) is 89.0 Å². The molecule has 158 valence electrons. The molecule has 0 bridgehead atoms. The number of para-hydroxylation sites is 1. The second-order valence-corrected chi connectivity index (χ2v) is 7.43. The zero-order valence-electron chi connectivity index (χ0n) is 16.1. The molecule has 1 saturated heterocycles. The van der Waals surface area contributed by atoms with Crippen LogP contribution in [0.4, 0.5) is 0 Å². The minimum Gasteiger partial charge on any atom is -0.488 e. The molecule has 1 fully saturated rings. The molecule has 0 unspecified atom stereocenters.